The van der Waals surface area contributed by atoms with Crippen molar-refractivity contribution in [3.8, 4) is 6.07 Å². The van der Waals surface area contributed by atoms with E-state index in [0.29, 0.717) is 6.42 Å². The Hall–Kier alpha value is -1.89. The van der Waals surface area contributed by atoms with Gasteiger partial charge in [0.2, 0.25) is 0 Å². The smallest absolute Gasteiger partial charge is 0.0621 e. The second kappa shape index (κ2) is 8.47. The fourth-order valence-electron chi connectivity index (χ4n) is 3.38. The number of hydrogen-bond acceptors (Lipinski definition) is 2. The molecule has 0 spiro atoms. The summed E-state index contributed by atoms with van der Waals surface area (Å²) >= 11 is 7.90. The van der Waals surface area contributed by atoms with Crippen LogP contribution in [-0.4, -0.2) is 11.2 Å². The Kier molecular flexibility index (Phi) is 6.07. The number of benzene rings is 2. The van der Waals surface area contributed by atoms with Crippen LogP contribution in [0.5, 0.6) is 0 Å². The van der Waals surface area contributed by atoms with E-state index in [0.717, 1.165) is 23.6 Å². The number of nitriles is 1. The lowest BCUT2D eigenvalue weighted by atomic mass is 9.86. The van der Waals surface area contributed by atoms with E-state index in [1.807, 2.05) is 23.9 Å². The molecular weight excluding hydrogens is 348 g/mol. The zero-order valence-electron chi connectivity index (χ0n) is 14.3. The summed E-state index contributed by atoms with van der Waals surface area (Å²) < 4.78 is 0. The number of nitrogens with one attached hydrogen (secondary N) is 1. The molecule has 0 bridgehead atoms. The van der Waals surface area contributed by atoms with Crippen LogP contribution in [0, 0.1) is 11.3 Å². The van der Waals surface area contributed by atoms with Crippen molar-refractivity contribution in [3.05, 3.63) is 70.4 Å². The fourth-order valence-corrected chi connectivity index (χ4v) is 4.06. The molecule has 0 amide bonds. The molecule has 0 fully saturated rings. The lowest BCUT2D eigenvalue weighted by molar-refractivity contribution is 0.676. The number of fused-ring (bicyclic) bond motifs is 1. The number of nitrogens with zero attached hydrogens (tertiary/aromatic N) is 1. The normalized spacial score (nSPS) is 12.2. The predicted molar refractivity (Wildman–Crippen MR) is 108 cm³/mol. The zero-order chi connectivity index (χ0) is 17.6. The van der Waals surface area contributed by atoms with Gasteiger partial charge in [-0.25, -0.2) is 0 Å². The van der Waals surface area contributed by atoms with Crippen LogP contribution in [-0.2, 0) is 5.75 Å². The van der Waals surface area contributed by atoms with Crippen molar-refractivity contribution in [2.45, 2.75) is 30.9 Å². The van der Waals surface area contributed by atoms with Crippen LogP contribution < -0.4 is 0 Å². The van der Waals surface area contributed by atoms with Crippen molar-refractivity contribution < 1.29 is 0 Å². The summed E-state index contributed by atoms with van der Waals surface area (Å²) in [7, 11) is 0. The highest BCUT2D eigenvalue weighted by Crippen LogP contribution is 2.36. The molecule has 0 aliphatic heterocycles. The third-order valence-corrected chi connectivity index (χ3v) is 5.41. The number of halogens is 1. The Labute approximate surface area is 158 Å². The first-order chi connectivity index (χ1) is 12.2. The molecule has 3 aromatic rings. The van der Waals surface area contributed by atoms with Gasteiger partial charge in [-0.3, -0.25) is 0 Å². The second-order valence-electron chi connectivity index (χ2n) is 6.17. The van der Waals surface area contributed by atoms with E-state index in [1.54, 1.807) is 0 Å². The molecule has 2 nitrogen and oxygen atoms in total. The monoisotopic (exact) mass is 368 g/mol. The number of unbranched alkanes of at least 4 members (excludes halogenated alkanes) is 1. The first-order valence-corrected chi connectivity index (χ1v) is 10.2. The van der Waals surface area contributed by atoms with Crippen molar-refractivity contribution in [3.63, 3.8) is 0 Å². The molecule has 0 aliphatic carbocycles. The third kappa shape index (κ3) is 4.03. The van der Waals surface area contributed by atoms with Crippen LogP contribution in [0.25, 0.3) is 10.9 Å². The predicted octanol–water partition coefficient (Wildman–Crippen LogP) is 6.51. The number of thioether (sulfide) groups is 1. The molecular formula is C21H21ClN2S. The van der Waals surface area contributed by atoms with Gasteiger partial charge in [0, 0.05) is 40.2 Å². The van der Waals surface area contributed by atoms with Crippen molar-refractivity contribution in [2.75, 3.05) is 6.26 Å². The maximum Gasteiger partial charge on any atom is 0.0621 e. The largest absolute Gasteiger partial charge is 0.361 e. The molecule has 4 heteroatoms. The van der Waals surface area contributed by atoms with E-state index >= 15 is 0 Å². The molecule has 2 aromatic carbocycles. The minimum Gasteiger partial charge on any atom is -0.361 e. The summed E-state index contributed by atoms with van der Waals surface area (Å²) in [4.78, 5) is 3.49. The van der Waals surface area contributed by atoms with E-state index in [4.69, 9.17) is 16.9 Å². The molecule has 128 valence electrons. The molecule has 0 saturated heterocycles. The number of hydrogen-bond donors (Lipinski definition) is 1. The first kappa shape index (κ1) is 17.9. The maximum absolute atomic E-state index is 8.91. The molecule has 1 unspecified atom stereocenters. The lowest BCUT2D eigenvalue weighted by Crippen LogP contribution is -2.01. The standard InChI is InChI=1S/C21H21ClN2S/c1-25-14-16-5-4-7-19-20(13-24-21(16)19)18(6-2-3-12-23)15-8-10-17(22)11-9-15/h4-5,7-11,13,18,24H,2-3,6,14H2,1H3. The van der Waals surface area contributed by atoms with Crippen LogP contribution in [0.3, 0.4) is 0 Å². The van der Waals surface area contributed by atoms with Crippen LogP contribution in [0.4, 0.5) is 0 Å². The molecule has 25 heavy (non-hydrogen) atoms. The van der Waals surface area contributed by atoms with Gasteiger partial charge >= 0.3 is 0 Å². The van der Waals surface area contributed by atoms with Crippen molar-refractivity contribution in [1.29, 1.82) is 5.26 Å². The molecule has 0 saturated carbocycles. The number of aromatic amines is 1. The molecule has 1 heterocycles. The van der Waals surface area contributed by atoms with Crippen LogP contribution in [0.15, 0.2) is 48.7 Å². The highest BCUT2D eigenvalue weighted by Gasteiger charge is 2.19. The highest BCUT2D eigenvalue weighted by atomic mass is 35.5. The topological polar surface area (TPSA) is 39.6 Å². The van der Waals surface area contributed by atoms with Gasteiger partial charge in [-0.15, -0.1) is 0 Å². The SMILES string of the molecule is CSCc1cccc2c(C(CCCC#N)c3ccc(Cl)cc3)c[nH]c12. The van der Waals surface area contributed by atoms with Gasteiger partial charge in [-0.1, -0.05) is 41.9 Å². The van der Waals surface area contributed by atoms with Crippen molar-refractivity contribution in [1.82, 2.24) is 4.98 Å². The minimum atomic E-state index is 0.267. The maximum atomic E-state index is 8.91. The van der Waals surface area contributed by atoms with Gasteiger partial charge in [0.25, 0.3) is 0 Å². The lowest BCUT2D eigenvalue weighted by Gasteiger charge is -2.17. The van der Waals surface area contributed by atoms with Crippen LogP contribution >= 0.6 is 23.4 Å². The van der Waals surface area contributed by atoms with Crippen LogP contribution in [0.1, 0.15) is 41.9 Å². The molecule has 1 atom stereocenters. The van der Waals surface area contributed by atoms with E-state index in [1.165, 1.54) is 27.6 Å². The summed E-state index contributed by atoms with van der Waals surface area (Å²) in [6, 6.07) is 16.9. The Balaban J connectivity index is 2.03. The number of aromatic nitrogens is 1. The van der Waals surface area contributed by atoms with E-state index in [2.05, 4.69) is 53.8 Å². The first-order valence-electron chi connectivity index (χ1n) is 8.44. The summed E-state index contributed by atoms with van der Waals surface area (Å²) in [5.74, 6) is 1.26. The number of rotatable bonds is 7. The summed E-state index contributed by atoms with van der Waals surface area (Å²) in [5, 5.41) is 10.9. The van der Waals surface area contributed by atoms with Crippen molar-refractivity contribution in [2.24, 2.45) is 0 Å². The average molecular weight is 369 g/mol. The van der Waals surface area contributed by atoms with E-state index in [9.17, 15) is 0 Å². The van der Waals surface area contributed by atoms with Gasteiger partial charge in [-0.2, -0.15) is 17.0 Å². The van der Waals surface area contributed by atoms with Gasteiger partial charge in [0.05, 0.1) is 6.07 Å². The van der Waals surface area contributed by atoms with Gasteiger partial charge in [0.1, 0.15) is 0 Å². The Morgan fingerprint density at radius 1 is 1.20 bits per heavy atom. The molecule has 1 aromatic heterocycles. The Bertz CT molecular complexity index is 877. The molecule has 0 radical (unpaired) electrons. The fraction of sp³-hybridized carbons (Fsp3) is 0.286. The zero-order valence-corrected chi connectivity index (χ0v) is 15.8. The van der Waals surface area contributed by atoms with E-state index in [-0.39, 0.29) is 5.92 Å². The quantitative estimate of drug-likeness (QED) is 0.483. The Morgan fingerprint density at radius 3 is 2.72 bits per heavy atom. The minimum absolute atomic E-state index is 0.267. The number of H-pyrrole nitrogens is 1. The Morgan fingerprint density at radius 2 is 2.00 bits per heavy atom. The van der Waals surface area contributed by atoms with E-state index < -0.39 is 0 Å². The third-order valence-electron chi connectivity index (χ3n) is 4.56. The van der Waals surface area contributed by atoms with Crippen LogP contribution in [0.2, 0.25) is 5.02 Å². The molecule has 0 aliphatic rings. The average Bonchev–Trinajstić information content (AvgIpc) is 3.05. The molecule has 1 N–H and O–H groups in total. The number of para-hydroxylation sites is 1. The van der Waals surface area contributed by atoms with Gasteiger partial charge < -0.3 is 4.98 Å². The van der Waals surface area contributed by atoms with Crippen molar-refractivity contribution >= 4 is 34.3 Å². The summed E-state index contributed by atoms with van der Waals surface area (Å²) in [6.07, 6.45) is 6.70. The second-order valence-corrected chi connectivity index (χ2v) is 7.47. The summed E-state index contributed by atoms with van der Waals surface area (Å²) in [5.41, 5.74) is 5.12. The van der Waals surface area contributed by atoms with Gasteiger partial charge in [0.15, 0.2) is 0 Å². The van der Waals surface area contributed by atoms with Gasteiger partial charge in [-0.05, 0) is 47.9 Å². The molecule has 3 rings (SSSR count). The summed E-state index contributed by atoms with van der Waals surface area (Å²) in [6.45, 7) is 0. The highest BCUT2D eigenvalue weighted by molar-refractivity contribution is 7.97.